The van der Waals surface area contributed by atoms with Gasteiger partial charge in [0.15, 0.2) is 5.69 Å². The van der Waals surface area contributed by atoms with Crippen LogP contribution in [0, 0.1) is 6.92 Å². The third-order valence-corrected chi connectivity index (χ3v) is 3.25. The molecule has 2 N–H and O–H groups in total. The molecule has 2 aromatic heterocycles. The number of nitrogens with one attached hydrogen (secondary N) is 1. The van der Waals surface area contributed by atoms with Crippen molar-refractivity contribution in [3.63, 3.8) is 0 Å². The maximum absolute atomic E-state index is 11.6. The Bertz CT molecular complexity index is 563. The molecule has 0 aliphatic carbocycles. The number of rotatable bonds is 3. The summed E-state index contributed by atoms with van der Waals surface area (Å²) in [5, 5.41) is 16.7. The molecular formula is C8H6N4O3S2. The zero-order valence-electron chi connectivity index (χ0n) is 8.50. The second-order valence-electron chi connectivity index (χ2n) is 3.02. The lowest BCUT2D eigenvalue weighted by Gasteiger charge is -2.00. The minimum absolute atomic E-state index is 0.00605. The summed E-state index contributed by atoms with van der Waals surface area (Å²) in [5.74, 6) is -1.62. The molecule has 0 bridgehead atoms. The van der Waals surface area contributed by atoms with Crippen molar-refractivity contribution in [1.29, 1.82) is 0 Å². The Morgan fingerprint density at radius 3 is 2.82 bits per heavy atom. The quantitative estimate of drug-likeness (QED) is 0.869. The highest BCUT2D eigenvalue weighted by Gasteiger charge is 2.20. The van der Waals surface area contributed by atoms with Gasteiger partial charge in [-0.25, -0.2) is 4.79 Å². The number of carbonyl (C=O) groups is 2. The summed E-state index contributed by atoms with van der Waals surface area (Å²) in [4.78, 5) is 22.6. The van der Waals surface area contributed by atoms with Gasteiger partial charge in [0, 0.05) is 5.38 Å². The molecule has 0 atom stereocenters. The molecule has 0 saturated heterocycles. The second-order valence-corrected chi connectivity index (χ2v) is 4.40. The SMILES string of the molecule is Cc1nsc(NC(=O)c2csnn2)c1C(=O)O. The first-order valence-corrected chi connectivity index (χ1v) is 5.98. The van der Waals surface area contributed by atoms with Crippen LogP contribution in [-0.4, -0.2) is 30.9 Å². The van der Waals surface area contributed by atoms with Gasteiger partial charge in [0.25, 0.3) is 5.91 Å². The molecule has 0 radical (unpaired) electrons. The van der Waals surface area contributed by atoms with Crippen LogP contribution in [0.3, 0.4) is 0 Å². The molecule has 0 aromatic carbocycles. The van der Waals surface area contributed by atoms with E-state index in [2.05, 4.69) is 19.3 Å². The summed E-state index contributed by atoms with van der Waals surface area (Å²) in [6, 6.07) is 0. The van der Waals surface area contributed by atoms with Crippen molar-refractivity contribution in [2.45, 2.75) is 6.92 Å². The molecule has 17 heavy (non-hydrogen) atoms. The van der Waals surface area contributed by atoms with E-state index in [4.69, 9.17) is 5.11 Å². The van der Waals surface area contributed by atoms with E-state index < -0.39 is 11.9 Å². The van der Waals surface area contributed by atoms with E-state index in [-0.39, 0.29) is 16.3 Å². The molecule has 0 fully saturated rings. The molecule has 0 aliphatic heterocycles. The number of anilines is 1. The van der Waals surface area contributed by atoms with Crippen molar-refractivity contribution in [1.82, 2.24) is 14.0 Å². The number of hydrogen-bond acceptors (Lipinski definition) is 7. The fourth-order valence-corrected chi connectivity index (χ4v) is 2.36. The molecule has 2 aromatic rings. The van der Waals surface area contributed by atoms with Gasteiger partial charge in [0.2, 0.25) is 0 Å². The zero-order valence-corrected chi connectivity index (χ0v) is 10.1. The normalized spacial score (nSPS) is 10.2. The number of aryl methyl sites for hydroxylation is 1. The fraction of sp³-hybridized carbons (Fsp3) is 0.125. The van der Waals surface area contributed by atoms with Crippen LogP contribution in [0.4, 0.5) is 5.00 Å². The van der Waals surface area contributed by atoms with E-state index in [0.717, 1.165) is 23.1 Å². The molecule has 2 heterocycles. The van der Waals surface area contributed by atoms with Gasteiger partial charge in [0.1, 0.15) is 10.6 Å². The van der Waals surface area contributed by atoms with Crippen LogP contribution < -0.4 is 5.32 Å². The zero-order chi connectivity index (χ0) is 12.4. The predicted molar refractivity (Wildman–Crippen MR) is 61.7 cm³/mol. The van der Waals surface area contributed by atoms with Crippen molar-refractivity contribution < 1.29 is 14.7 Å². The van der Waals surface area contributed by atoms with Crippen LogP contribution in [-0.2, 0) is 0 Å². The van der Waals surface area contributed by atoms with Crippen molar-refractivity contribution in [2.24, 2.45) is 0 Å². The number of nitrogens with zero attached hydrogens (tertiary/aromatic N) is 3. The highest BCUT2D eigenvalue weighted by molar-refractivity contribution is 7.11. The maximum Gasteiger partial charge on any atom is 0.340 e. The number of aromatic nitrogens is 3. The summed E-state index contributed by atoms with van der Waals surface area (Å²) in [5.41, 5.74) is 0.526. The Morgan fingerprint density at radius 2 is 2.24 bits per heavy atom. The number of carbonyl (C=O) groups excluding carboxylic acids is 1. The van der Waals surface area contributed by atoms with Gasteiger partial charge in [-0.05, 0) is 30.0 Å². The van der Waals surface area contributed by atoms with Gasteiger partial charge in [-0.1, -0.05) is 4.49 Å². The van der Waals surface area contributed by atoms with E-state index in [0.29, 0.717) is 5.69 Å². The average molecular weight is 270 g/mol. The molecule has 7 nitrogen and oxygen atoms in total. The van der Waals surface area contributed by atoms with Crippen molar-refractivity contribution in [2.75, 3.05) is 5.32 Å². The van der Waals surface area contributed by atoms with Crippen molar-refractivity contribution >= 4 is 39.9 Å². The second kappa shape index (κ2) is 4.55. The van der Waals surface area contributed by atoms with Crippen LogP contribution in [0.5, 0.6) is 0 Å². The minimum atomic E-state index is -1.12. The maximum atomic E-state index is 11.6. The van der Waals surface area contributed by atoms with E-state index in [1.165, 1.54) is 5.38 Å². The third-order valence-electron chi connectivity index (χ3n) is 1.90. The summed E-state index contributed by atoms with van der Waals surface area (Å²) in [6.45, 7) is 1.57. The minimum Gasteiger partial charge on any atom is -0.478 e. The predicted octanol–water partition coefficient (Wildman–Crippen LogP) is 1.25. The highest BCUT2D eigenvalue weighted by atomic mass is 32.1. The Labute approximate surface area is 103 Å². The first-order valence-electron chi connectivity index (χ1n) is 4.37. The highest BCUT2D eigenvalue weighted by Crippen LogP contribution is 2.24. The van der Waals surface area contributed by atoms with Gasteiger partial charge < -0.3 is 10.4 Å². The molecule has 2 rings (SSSR count). The lowest BCUT2D eigenvalue weighted by Crippen LogP contribution is -2.14. The van der Waals surface area contributed by atoms with Gasteiger partial charge in [-0.2, -0.15) is 4.37 Å². The monoisotopic (exact) mass is 270 g/mol. The lowest BCUT2D eigenvalue weighted by molar-refractivity contribution is 0.0697. The molecule has 1 amide bonds. The largest absolute Gasteiger partial charge is 0.478 e. The summed E-state index contributed by atoms with van der Waals surface area (Å²) < 4.78 is 7.43. The van der Waals surface area contributed by atoms with Gasteiger partial charge >= 0.3 is 5.97 Å². The smallest absolute Gasteiger partial charge is 0.340 e. The molecule has 88 valence electrons. The Balaban J connectivity index is 2.25. The van der Waals surface area contributed by atoms with Gasteiger partial charge in [0.05, 0.1) is 5.69 Å². The van der Waals surface area contributed by atoms with E-state index in [9.17, 15) is 9.59 Å². The van der Waals surface area contributed by atoms with Crippen molar-refractivity contribution in [3.05, 3.63) is 22.3 Å². The van der Waals surface area contributed by atoms with E-state index in [1.807, 2.05) is 0 Å². The van der Waals surface area contributed by atoms with Crippen LogP contribution >= 0.6 is 23.1 Å². The first-order chi connectivity index (χ1) is 8.09. The van der Waals surface area contributed by atoms with Gasteiger partial charge in [-0.3, -0.25) is 4.79 Å². The molecule has 9 heteroatoms. The Morgan fingerprint density at radius 1 is 1.47 bits per heavy atom. The fourth-order valence-electron chi connectivity index (χ4n) is 1.14. The Kier molecular flexibility index (Phi) is 3.11. The number of carboxylic acids is 1. The summed E-state index contributed by atoms with van der Waals surface area (Å²) >= 11 is 1.97. The summed E-state index contributed by atoms with van der Waals surface area (Å²) in [6.07, 6.45) is 0. The molecule has 0 aliphatic rings. The molecule has 0 spiro atoms. The van der Waals surface area contributed by atoms with Crippen molar-refractivity contribution in [3.8, 4) is 0 Å². The average Bonchev–Trinajstić information content (AvgIpc) is 2.87. The van der Waals surface area contributed by atoms with Crippen LogP contribution in [0.15, 0.2) is 5.38 Å². The van der Waals surface area contributed by atoms with Crippen LogP contribution in [0.1, 0.15) is 26.5 Å². The molecule has 0 unspecified atom stereocenters. The van der Waals surface area contributed by atoms with E-state index in [1.54, 1.807) is 6.92 Å². The van der Waals surface area contributed by atoms with Crippen LogP contribution in [0.25, 0.3) is 0 Å². The number of carboxylic acid groups (broad SMARTS) is 1. The van der Waals surface area contributed by atoms with Gasteiger partial charge in [-0.15, -0.1) is 5.10 Å². The Hall–Kier alpha value is -1.87. The molecular weight excluding hydrogens is 264 g/mol. The third kappa shape index (κ3) is 2.29. The standard InChI is InChI=1S/C8H6N4O3S2/c1-3-5(8(14)15)7(17-11-3)9-6(13)4-2-16-12-10-4/h2H,1H3,(H,9,13)(H,14,15). The van der Waals surface area contributed by atoms with Crippen LogP contribution in [0.2, 0.25) is 0 Å². The number of amides is 1. The van der Waals surface area contributed by atoms with E-state index >= 15 is 0 Å². The molecule has 0 saturated carbocycles. The topological polar surface area (TPSA) is 105 Å². The number of aromatic carboxylic acids is 1. The number of hydrogen-bond donors (Lipinski definition) is 2. The summed E-state index contributed by atoms with van der Waals surface area (Å²) in [7, 11) is 0. The lowest BCUT2D eigenvalue weighted by atomic mass is 10.2. The first kappa shape index (κ1) is 11.6.